The largest absolute Gasteiger partial charge is 0.508 e. The molecule has 5 N–H and O–H groups in total. The lowest BCUT2D eigenvalue weighted by molar-refractivity contribution is -0.150. The first kappa shape index (κ1) is 20.2. The molecular weight excluding hydrogens is 406 g/mol. The number of rotatable bonds is 6. The number of β-lactam (4-membered cyclic amide) rings is 1. The first-order valence-corrected chi connectivity index (χ1v) is 9.92. The van der Waals surface area contributed by atoms with Crippen molar-refractivity contribution in [1.82, 2.24) is 10.2 Å². The summed E-state index contributed by atoms with van der Waals surface area (Å²) >= 11 is 6.96. The maximum Gasteiger partial charge on any atom is 0.352 e. The minimum absolute atomic E-state index is 0.0479. The number of halogens is 1. The van der Waals surface area contributed by atoms with Crippen LogP contribution in [0.1, 0.15) is 11.6 Å². The average molecular weight is 424 g/mol. The van der Waals surface area contributed by atoms with Gasteiger partial charge in [0.05, 0.1) is 0 Å². The number of phenols is 1. The second kappa shape index (κ2) is 8.26. The molecule has 1 fully saturated rings. The number of carbonyl (C=O) groups excluding carboxylic acids is 2. The summed E-state index contributed by atoms with van der Waals surface area (Å²) < 4.78 is 0. The van der Waals surface area contributed by atoms with E-state index in [-0.39, 0.29) is 17.3 Å². The zero-order valence-electron chi connectivity index (χ0n) is 14.5. The highest BCUT2D eigenvalue weighted by molar-refractivity contribution is 8.00. The Balaban J connectivity index is 1.74. The number of nitrogens with zero attached hydrogens (tertiary/aromatic N) is 1. The van der Waals surface area contributed by atoms with E-state index in [1.807, 2.05) is 0 Å². The molecule has 3 atom stereocenters. The number of nitrogens with two attached hydrogens (primary N) is 1. The highest BCUT2D eigenvalue weighted by Crippen LogP contribution is 2.40. The summed E-state index contributed by atoms with van der Waals surface area (Å²) in [6, 6.07) is 3.99. The molecule has 2 amide bonds. The SMILES string of the molecule is NC(C(=O)NC1C(=O)N2C(C(=O)O)=C(C=CCCl)CS[C@@H]12)c1ccc(O)cc1. The average Bonchev–Trinajstić information content (AvgIpc) is 2.69. The van der Waals surface area contributed by atoms with Crippen LogP contribution in [-0.2, 0) is 14.4 Å². The molecule has 0 radical (unpaired) electrons. The molecule has 0 bridgehead atoms. The Hall–Kier alpha value is -2.49. The van der Waals surface area contributed by atoms with Crippen LogP contribution in [0.3, 0.4) is 0 Å². The van der Waals surface area contributed by atoms with E-state index < -0.39 is 35.2 Å². The van der Waals surface area contributed by atoms with Crippen molar-refractivity contribution in [2.24, 2.45) is 5.73 Å². The van der Waals surface area contributed by atoms with Crippen molar-refractivity contribution in [1.29, 1.82) is 0 Å². The molecule has 0 aliphatic carbocycles. The topological polar surface area (TPSA) is 133 Å². The Bertz CT molecular complexity index is 870. The standard InChI is InChI=1S/C18H18ClN3O5S/c19-7-1-2-10-8-28-17-13(16(25)22(17)14(10)18(26)27)21-15(24)12(20)9-3-5-11(23)6-4-9/h1-6,12-13,17,23H,7-8,20H2,(H,21,24)(H,26,27)/t12?,13?,17-/m0/s1. The van der Waals surface area contributed by atoms with Crippen molar-refractivity contribution < 1.29 is 24.6 Å². The van der Waals surface area contributed by atoms with Crippen LogP contribution in [0, 0.1) is 0 Å². The number of hydrogen-bond acceptors (Lipinski definition) is 6. The van der Waals surface area contributed by atoms with Crippen molar-refractivity contribution in [2.75, 3.05) is 11.6 Å². The number of phenolic OH excluding ortho intramolecular Hbond substituents is 1. The highest BCUT2D eigenvalue weighted by Gasteiger charge is 2.54. The second-order valence-electron chi connectivity index (χ2n) is 6.20. The van der Waals surface area contributed by atoms with E-state index in [1.165, 1.54) is 40.9 Å². The fourth-order valence-corrected chi connectivity index (χ4v) is 4.44. The van der Waals surface area contributed by atoms with E-state index in [1.54, 1.807) is 12.2 Å². The number of carboxylic acid groups (broad SMARTS) is 1. The van der Waals surface area contributed by atoms with Gasteiger partial charge in [-0.25, -0.2) is 4.79 Å². The lowest BCUT2D eigenvalue weighted by Crippen LogP contribution is -2.71. The van der Waals surface area contributed by atoms with Gasteiger partial charge in [-0.2, -0.15) is 0 Å². The molecule has 0 saturated carbocycles. The molecule has 2 heterocycles. The fourth-order valence-electron chi connectivity index (χ4n) is 3.03. The predicted octanol–water partition coefficient (Wildman–Crippen LogP) is 0.926. The normalized spacial score (nSPS) is 22.6. The van der Waals surface area contributed by atoms with Crippen LogP contribution in [0.4, 0.5) is 0 Å². The van der Waals surface area contributed by atoms with Gasteiger partial charge in [-0.3, -0.25) is 14.5 Å². The van der Waals surface area contributed by atoms with E-state index in [4.69, 9.17) is 17.3 Å². The molecule has 8 nitrogen and oxygen atoms in total. The number of hydrogen-bond donors (Lipinski definition) is 4. The van der Waals surface area contributed by atoms with Gasteiger partial charge in [0.1, 0.15) is 28.9 Å². The van der Waals surface area contributed by atoms with Gasteiger partial charge in [-0.1, -0.05) is 24.3 Å². The molecule has 1 aromatic carbocycles. The molecule has 0 aromatic heterocycles. The van der Waals surface area contributed by atoms with Crippen molar-refractivity contribution in [2.45, 2.75) is 17.5 Å². The molecule has 2 aliphatic heterocycles. The van der Waals surface area contributed by atoms with Gasteiger partial charge in [0.15, 0.2) is 0 Å². The van der Waals surface area contributed by atoms with Crippen molar-refractivity contribution in [3.05, 3.63) is 53.3 Å². The number of fused-ring (bicyclic) bond motifs is 1. The lowest BCUT2D eigenvalue weighted by Gasteiger charge is -2.49. The predicted molar refractivity (Wildman–Crippen MR) is 105 cm³/mol. The summed E-state index contributed by atoms with van der Waals surface area (Å²) in [5, 5.41) is 20.9. The number of thioether (sulfide) groups is 1. The van der Waals surface area contributed by atoms with E-state index in [0.717, 1.165) is 0 Å². The quantitative estimate of drug-likeness (QED) is 0.395. The Labute approximate surface area is 170 Å². The van der Waals surface area contributed by atoms with Gasteiger partial charge in [0, 0.05) is 11.6 Å². The highest BCUT2D eigenvalue weighted by atomic mass is 35.5. The summed E-state index contributed by atoms with van der Waals surface area (Å²) in [7, 11) is 0. The molecule has 0 spiro atoms. The Morgan fingerprint density at radius 3 is 2.68 bits per heavy atom. The van der Waals surface area contributed by atoms with Gasteiger partial charge in [-0.15, -0.1) is 23.4 Å². The monoisotopic (exact) mass is 423 g/mol. The number of allylic oxidation sites excluding steroid dienone is 2. The third kappa shape index (κ3) is 3.73. The fraction of sp³-hybridized carbons (Fsp3) is 0.278. The van der Waals surface area contributed by atoms with E-state index in [0.29, 0.717) is 16.9 Å². The van der Waals surface area contributed by atoms with Crippen molar-refractivity contribution in [3.8, 4) is 5.75 Å². The van der Waals surface area contributed by atoms with Gasteiger partial charge in [0.2, 0.25) is 5.91 Å². The number of nitrogens with one attached hydrogen (secondary N) is 1. The molecule has 2 aliphatic rings. The van der Waals surface area contributed by atoms with Crippen LogP contribution in [0.5, 0.6) is 5.75 Å². The second-order valence-corrected chi connectivity index (χ2v) is 7.61. The van der Waals surface area contributed by atoms with Gasteiger partial charge in [-0.05, 0) is 23.3 Å². The summed E-state index contributed by atoms with van der Waals surface area (Å²) in [6.45, 7) is 0. The molecule has 2 unspecified atom stereocenters. The minimum atomic E-state index is -1.21. The first-order valence-electron chi connectivity index (χ1n) is 8.33. The molecular formula is C18H18ClN3O5S. The molecule has 3 rings (SSSR count). The van der Waals surface area contributed by atoms with E-state index in [2.05, 4.69) is 5.32 Å². The smallest absolute Gasteiger partial charge is 0.352 e. The van der Waals surface area contributed by atoms with E-state index in [9.17, 15) is 24.6 Å². The number of benzene rings is 1. The number of carboxylic acids is 1. The maximum absolute atomic E-state index is 12.5. The lowest BCUT2D eigenvalue weighted by atomic mass is 10.0. The number of alkyl halides is 1. The third-order valence-corrected chi connectivity index (χ3v) is 5.92. The van der Waals surface area contributed by atoms with Crippen LogP contribution < -0.4 is 11.1 Å². The summed E-state index contributed by atoms with van der Waals surface area (Å²) in [6.07, 6.45) is 3.21. The summed E-state index contributed by atoms with van der Waals surface area (Å²) in [5.74, 6) is -1.62. The van der Waals surface area contributed by atoms with E-state index >= 15 is 0 Å². The molecule has 10 heteroatoms. The molecule has 1 saturated heterocycles. The van der Waals surface area contributed by atoms with Crippen LogP contribution in [0.25, 0.3) is 0 Å². The van der Waals surface area contributed by atoms with Gasteiger partial charge >= 0.3 is 5.97 Å². The van der Waals surface area contributed by atoms with Crippen molar-refractivity contribution >= 4 is 41.1 Å². The number of carbonyl (C=O) groups is 3. The number of aliphatic carboxylic acids is 1. The summed E-state index contributed by atoms with van der Waals surface area (Å²) in [5.41, 5.74) is 6.81. The Morgan fingerprint density at radius 2 is 2.07 bits per heavy atom. The molecule has 148 valence electrons. The number of amides is 2. The van der Waals surface area contributed by atoms with Crippen molar-refractivity contribution in [3.63, 3.8) is 0 Å². The van der Waals surface area contributed by atoms with Crippen LogP contribution in [-0.4, -0.2) is 55.9 Å². The van der Waals surface area contributed by atoms with Gasteiger partial charge < -0.3 is 21.3 Å². The molecule has 1 aromatic rings. The van der Waals surface area contributed by atoms with Crippen LogP contribution in [0.15, 0.2) is 47.7 Å². The van der Waals surface area contributed by atoms with Crippen LogP contribution >= 0.6 is 23.4 Å². The zero-order valence-corrected chi connectivity index (χ0v) is 16.1. The molecule has 28 heavy (non-hydrogen) atoms. The maximum atomic E-state index is 12.5. The first-order chi connectivity index (χ1) is 13.3. The summed E-state index contributed by atoms with van der Waals surface area (Å²) in [4.78, 5) is 37.8. The minimum Gasteiger partial charge on any atom is -0.508 e. The Morgan fingerprint density at radius 1 is 1.39 bits per heavy atom. The third-order valence-electron chi connectivity index (χ3n) is 4.44. The van der Waals surface area contributed by atoms with Gasteiger partial charge in [0.25, 0.3) is 5.91 Å². The van der Waals surface area contributed by atoms with Crippen LogP contribution in [0.2, 0.25) is 0 Å². The Kier molecular flexibility index (Phi) is 5.97. The number of aromatic hydroxyl groups is 1. The zero-order chi connectivity index (χ0) is 20.4.